The summed E-state index contributed by atoms with van der Waals surface area (Å²) in [7, 11) is 0. The number of para-hydroxylation sites is 1. The second-order valence-corrected chi connectivity index (χ2v) is 8.21. The minimum Gasteiger partial charge on any atom is -0.436 e. The summed E-state index contributed by atoms with van der Waals surface area (Å²) in [6.45, 7) is 0. The van der Waals surface area contributed by atoms with Crippen LogP contribution in [0.15, 0.2) is 132 Å². The molecule has 0 saturated carbocycles. The van der Waals surface area contributed by atoms with Crippen molar-refractivity contribution in [2.45, 2.75) is 0 Å². The summed E-state index contributed by atoms with van der Waals surface area (Å²) in [5.41, 5.74) is 9.41. The molecule has 0 atom stereocenters. The van der Waals surface area contributed by atoms with Gasteiger partial charge in [-0.15, -0.1) is 0 Å². The van der Waals surface area contributed by atoms with E-state index in [1.54, 1.807) is 0 Å². The van der Waals surface area contributed by atoms with Crippen LogP contribution in [-0.4, -0.2) is 4.98 Å². The number of fused-ring (bicyclic) bond motifs is 1. The van der Waals surface area contributed by atoms with Crippen LogP contribution >= 0.6 is 0 Å². The zero-order valence-corrected chi connectivity index (χ0v) is 18.5. The topological polar surface area (TPSA) is 38.1 Å². The van der Waals surface area contributed by atoms with Gasteiger partial charge in [-0.2, -0.15) is 0 Å². The van der Waals surface area contributed by atoms with E-state index in [0.29, 0.717) is 5.89 Å². The molecule has 3 nitrogen and oxygen atoms in total. The second kappa shape index (κ2) is 8.72. The molecule has 1 aromatic heterocycles. The fourth-order valence-corrected chi connectivity index (χ4v) is 4.10. The Morgan fingerprint density at radius 3 is 1.68 bits per heavy atom. The number of hydrogen-bond acceptors (Lipinski definition) is 3. The number of hydrogen-bond donors (Lipinski definition) is 1. The molecule has 5 aromatic carbocycles. The molecule has 0 amide bonds. The van der Waals surface area contributed by atoms with E-state index in [1.807, 2.05) is 54.6 Å². The van der Waals surface area contributed by atoms with E-state index < -0.39 is 0 Å². The molecule has 0 aliphatic rings. The number of anilines is 2. The van der Waals surface area contributed by atoms with Crippen molar-refractivity contribution in [2.24, 2.45) is 0 Å². The van der Waals surface area contributed by atoms with Crippen molar-refractivity contribution in [3.8, 4) is 33.7 Å². The fraction of sp³-hybridized carbons (Fsp3) is 0. The van der Waals surface area contributed by atoms with Crippen LogP contribution in [0, 0.1) is 0 Å². The summed E-state index contributed by atoms with van der Waals surface area (Å²) in [5, 5.41) is 3.43. The predicted molar refractivity (Wildman–Crippen MR) is 140 cm³/mol. The van der Waals surface area contributed by atoms with Gasteiger partial charge in [-0.1, -0.05) is 78.9 Å². The SMILES string of the molecule is c1ccc(Nc2ccc(-c3ccc(-c4ccc5nc(-c6ccccc6)oc5c4)cc3)cc2)cc1. The third-order valence-corrected chi connectivity index (χ3v) is 5.91. The van der Waals surface area contributed by atoms with E-state index >= 15 is 0 Å². The van der Waals surface area contributed by atoms with Crippen LogP contribution < -0.4 is 5.32 Å². The Morgan fingerprint density at radius 1 is 0.471 bits per heavy atom. The van der Waals surface area contributed by atoms with Crippen molar-refractivity contribution in [1.29, 1.82) is 0 Å². The summed E-state index contributed by atoms with van der Waals surface area (Å²) in [6.07, 6.45) is 0. The zero-order chi connectivity index (χ0) is 22.7. The largest absolute Gasteiger partial charge is 0.436 e. The van der Waals surface area contributed by atoms with Crippen molar-refractivity contribution in [3.63, 3.8) is 0 Å². The highest BCUT2D eigenvalue weighted by Crippen LogP contribution is 2.30. The van der Waals surface area contributed by atoms with Gasteiger partial charge in [0.15, 0.2) is 5.58 Å². The van der Waals surface area contributed by atoms with E-state index in [0.717, 1.165) is 39.2 Å². The van der Waals surface area contributed by atoms with Gasteiger partial charge in [-0.25, -0.2) is 4.98 Å². The number of aromatic nitrogens is 1. The molecule has 6 rings (SSSR count). The Balaban J connectivity index is 1.22. The van der Waals surface area contributed by atoms with E-state index in [9.17, 15) is 0 Å². The molecule has 1 N–H and O–H groups in total. The Bertz CT molecular complexity index is 1540. The van der Waals surface area contributed by atoms with Gasteiger partial charge >= 0.3 is 0 Å². The monoisotopic (exact) mass is 438 g/mol. The summed E-state index contributed by atoms with van der Waals surface area (Å²) in [4.78, 5) is 4.63. The van der Waals surface area contributed by atoms with E-state index in [4.69, 9.17) is 4.42 Å². The Morgan fingerprint density at radius 2 is 1.00 bits per heavy atom. The van der Waals surface area contributed by atoms with Gasteiger partial charge in [0, 0.05) is 16.9 Å². The number of benzene rings is 5. The van der Waals surface area contributed by atoms with Gasteiger partial charge in [0.1, 0.15) is 5.52 Å². The molecule has 0 bridgehead atoms. The molecule has 0 saturated heterocycles. The van der Waals surface area contributed by atoms with Gasteiger partial charge < -0.3 is 9.73 Å². The average molecular weight is 439 g/mol. The molecule has 0 spiro atoms. The lowest BCUT2D eigenvalue weighted by Gasteiger charge is -2.08. The highest BCUT2D eigenvalue weighted by atomic mass is 16.3. The first-order valence-corrected chi connectivity index (χ1v) is 11.3. The van der Waals surface area contributed by atoms with Crippen LogP contribution in [0.2, 0.25) is 0 Å². The summed E-state index contributed by atoms with van der Waals surface area (Å²) >= 11 is 0. The van der Waals surface area contributed by atoms with Crippen LogP contribution in [-0.2, 0) is 0 Å². The van der Waals surface area contributed by atoms with Gasteiger partial charge in [-0.05, 0) is 70.8 Å². The first-order valence-electron chi connectivity index (χ1n) is 11.3. The second-order valence-electron chi connectivity index (χ2n) is 8.21. The Hall–Kier alpha value is -4.63. The lowest BCUT2D eigenvalue weighted by molar-refractivity contribution is 0.620. The summed E-state index contributed by atoms with van der Waals surface area (Å²) < 4.78 is 6.05. The van der Waals surface area contributed by atoms with Crippen molar-refractivity contribution in [1.82, 2.24) is 4.98 Å². The maximum atomic E-state index is 6.05. The maximum absolute atomic E-state index is 6.05. The summed E-state index contributed by atoms with van der Waals surface area (Å²) in [5.74, 6) is 0.647. The molecule has 0 aliphatic carbocycles. The van der Waals surface area contributed by atoms with Crippen LogP contribution in [0.25, 0.3) is 44.8 Å². The van der Waals surface area contributed by atoms with Crippen LogP contribution in [0.1, 0.15) is 0 Å². The molecule has 162 valence electrons. The molecular formula is C31H22N2O. The molecule has 34 heavy (non-hydrogen) atoms. The van der Waals surface area contributed by atoms with Crippen LogP contribution in [0.5, 0.6) is 0 Å². The first kappa shape index (κ1) is 20.0. The van der Waals surface area contributed by atoms with E-state index in [2.05, 4.69) is 83.1 Å². The lowest BCUT2D eigenvalue weighted by atomic mass is 10.00. The lowest BCUT2D eigenvalue weighted by Crippen LogP contribution is -1.89. The quantitative estimate of drug-likeness (QED) is 0.293. The predicted octanol–water partition coefficient (Wildman–Crippen LogP) is 8.57. The van der Waals surface area contributed by atoms with Gasteiger partial charge in [0.25, 0.3) is 0 Å². The Labute approximate surface area is 198 Å². The van der Waals surface area contributed by atoms with Crippen molar-refractivity contribution in [3.05, 3.63) is 127 Å². The minimum atomic E-state index is 0.647. The normalized spacial score (nSPS) is 10.9. The number of nitrogens with one attached hydrogen (secondary N) is 1. The zero-order valence-electron chi connectivity index (χ0n) is 18.5. The number of nitrogens with zero attached hydrogens (tertiary/aromatic N) is 1. The number of rotatable bonds is 5. The molecule has 0 radical (unpaired) electrons. The van der Waals surface area contributed by atoms with Gasteiger partial charge in [0.2, 0.25) is 5.89 Å². The highest BCUT2D eigenvalue weighted by molar-refractivity contribution is 5.83. The molecule has 6 aromatic rings. The first-order chi connectivity index (χ1) is 16.8. The molecular weight excluding hydrogens is 416 g/mol. The van der Waals surface area contributed by atoms with Crippen molar-refractivity contribution in [2.75, 3.05) is 5.32 Å². The fourth-order valence-electron chi connectivity index (χ4n) is 4.10. The average Bonchev–Trinajstić information content (AvgIpc) is 3.34. The summed E-state index contributed by atoms with van der Waals surface area (Å²) in [6, 6.07) is 43.5. The highest BCUT2D eigenvalue weighted by Gasteiger charge is 2.09. The third-order valence-electron chi connectivity index (χ3n) is 5.91. The molecule has 3 heteroatoms. The molecule has 0 unspecified atom stereocenters. The van der Waals surface area contributed by atoms with E-state index in [-0.39, 0.29) is 0 Å². The van der Waals surface area contributed by atoms with Gasteiger partial charge in [0.05, 0.1) is 0 Å². The van der Waals surface area contributed by atoms with Crippen LogP contribution in [0.3, 0.4) is 0 Å². The minimum absolute atomic E-state index is 0.647. The van der Waals surface area contributed by atoms with E-state index in [1.165, 1.54) is 11.1 Å². The molecule has 0 fully saturated rings. The maximum Gasteiger partial charge on any atom is 0.227 e. The molecule has 0 aliphatic heterocycles. The van der Waals surface area contributed by atoms with Crippen LogP contribution in [0.4, 0.5) is 11.4 Å². The molecule has 1 heterocycles. The third kappa shape index (κ3) is 4.07. The number of oxazole rings is 1. The van der Waals surface area contributed by atoms with Gasteiger partial charge in [-0.3, -0.25) is 0 Å². The van der Waals surface area contributed by atoms with Crippen molar-refractivity contribution < 1.29 is 4.42 Å². The van der Waals surface area contributed by atoms with Crippen molar-refractivity contribution >= 4 is 22.5 Å². The standard InChI is InChI=1S/C31H22N2O/c1-3-7-25(8-4-1)31-33-29-20-17-26(21-30(29)34-31)24-13-11-22(12-14-24)23-15-18-28(19-16-23)32-27-9-5-2-6-10-27/h1-21,32H. The smallest absolute Gasteiger partial charge is 0.227 e. The Kier molecular flexibility index (Phi) is 5.13.